The minimum Gasteiger partial charge on any atom is -0.307 e. The first-order chi connectivity index (χ1) is 8.81. The van der Waals surface area contributed by atoms with E-state index in [-0.39, 0.29) is 0 Å². The van der Waals surface area contributed by atoms with Crippen LogP contribution in [-0.2, 0) is 0 Å². The van der Waals surface area contributed by atoms with Crippen molar-refractivity contribution in [2.24, 2.45) is 5.92 Å². The lowest BCUT2D eigenvalue weighted by Crippen LogP contribution is -2.31. The molecule has 2 unspecified atom stereocenters. The summed E-state index contributed by atoms with van der Waals surface area (Å²) in [4.78, 5) is 0. The predicted molar refractivity (Wildman–Crippen MR) is 78.6 cm³/mol. The van der Waals surface area contributed by atoms with Crippen molar-refractivity contribution in [3.63, 3.8) is 0 Å². The van der Waals surface area contributed by atoms with Gasteiger partial charge in [-0.05, 0) is 37.7 Å². The minimum atomic E-state index is 0.586. The topological polar surface area (TPSA) is 12.0 Å². The normalized spacial score (nSPS) is 18.6. The molecule has 1 aromatic rings. The molecule has 0 aromatic heterocycles. The maximum absolute atomic E-state index is 3.85. The van der Waals surface area contributed by atoms with Crippen molar-refractivity contribution in [1.29, 1.82) is 0 Å². The first-order valence-corrected chi connectivity index (χ1v) is 7.62. The summed E-state index contributed by atoms with van der Waals surface area (Å²) in [5, 5.41) is 3.85. The third kappa shape index (κ3) is 4.13. The molecule has 0 heterocycles. The van der Waals surface area contributed by atoms with Gasteiger partial charge in [-0.25, -0.2) is 0 Å². The van der Waals surface area contributed by atoms with Crippen molar-refractivity contribution in [2.45, 2.75) is 64.5 Å². The lowest BCUT2D eigenvalue weighted by molar-refractivity contribution is 0.394. The van der Waals surface area contributed by atoms with Gasteiger partial charge >= 0.3 is 0 Å². The van der Waals surface area contributed by atoms with Crippen LogP contribution in [0.4, 0.5) is 0 Å². The summed E-state index contributed by atoms with van der Waals surface area (Å²) < 4.78 is 0. The Kier molecular flexibility index (Phi) is 5.25. The first-order valence-electron chi connectivity index (χ1n) is 7.62. The average Bonchev–Trinajstić information content (AvgIpc) is 3.22. The van der Waals surface area contributed by atoms with E-state index in [4.69, 9.17) is 0 Å². The standard InChI is InChI=1S/C17H27N/c1-3-4-6-9-14(2)18-17(16-12-13-16)15-10-7-5-8-11-15/h5,7-8,10-11,14,16-18H,3-4,6,9,12-13H2,1-2H3. The maximum Gasteiger partial charge on any atom is 0.0350 e. The molecule has 0 aliphatic heterocycles. The molecular formula is C17H27N. The maximum atomic E-state index is 3.85. The Hall–Kier alpha value is -0.820. The second-order valence-electron chi connectivity index (χ2n) is 5.79. The molecular weight excluding hydrogens is 218 g/mol. The van der Waals surface area contributed by atoms with Crippen molar-refractivity contribution < 1.29 is 0 Å². The van der Waals surface area contributed by atoms with Crippen LogP contribution in [-0.4, -0.2) is 6.04 Å². The Morgan fingerprint density at radius 3 is 2.50 bits per heavy atom. The average molecular weight is 245 g/mol. The van der Waals surface area contributed by atoms with E-state index in [2.05, 4.69) is 49.5 Å². The van der Waals surface area contributed by atoms with Gasteiger partial charge in [-0.15, -0.1) is 0 Å². The molecule has 1 heteroatoms. The number of nitrogens with one attached hydrogen (secondary N) is 1. The zero-order valence-corrected chi connectivity index (χ0v) is 11.9. The molecule has 1 aromatic carbocycles. The van der Waals surface area contributed by atoms with Crippen LogP contribution in [0.2, 0.25) is 0 Å². The Morgan fingerprint density at radius 2 is 1.89 bits per heavy atom. The summed E-state index contributed by atoms with van der Waals surface area (Å²) in [6.07, 6.45) is 8.14. The van der Waals surface area contributed by atoms with Gasteiger partial charge in [0.15, 0.2) is 0 Å². The molecule has 0 saturated heterocycles. The van der Waals surface area contributed by atoms with Gasteiger partial charge in [0, 0.05) is 12.1 Å². The third-order valence-electron chi connectivity index (χ3n) is 3.96. The molecule has 1 aliphatic carbocycles. The van der Waals surface area contributed by atoms with Gasteiger partial charge in [0.2, 0.25) is 0 Å². The van der Waals surface area contributed by atoms with Crippen LogP contribution < -0.4 is 5.32 Å². The molecule has 0 radical (unpaired) electrons. The highest BCUT2D eigenvalue weighted by Gasteiger charge is 2.32. The quantitative estimate of drug-likeness (QED) is 0.655. The molecule has 0 amide bonds. The molecule has 1 N–H and O–H groups in total. The van der Waals surface area contributed by atoms with Gasteiger partial charge < -0.3 is 5.32 Å². The Morgan fingerprint density at radius 1 is 1.17 bits per heavy atom. The SMILES string of the molecule is CCCCCC(C)NC(c1ccccc1)C1CC1. The second-order valence-corrected chi connectivity index (χ2v) is 5.79. The van der Waals surface area contributed by atoms with Crippen molar-refractivity contribution >= 4 is 0 Å². The Balaban J connectivity index is 1.87. The van der Waals surface area contributed by atoms with Crippen LogP contribution in [0.25, 0.3) is 0 Å². The van der Waals surface area contributed by atoms with Crippen LogP contribution in [0, 0.1) is 5.92 Å². The Bertz CT molecular complexity index is 329. The number of hydrogen-bond acceptors (Lipinski definition) is 1. The molecule has 1 nitrogen and oxygen atoms in total. The van der Waals surface area contributed by atoms with E-state index >= 15 is 0 Å². The van der Waals surface area contributed by atoms with Crippen LogP contribution in [0.1, 0.15) is 64.0 Å². The lowest BCUT2D eigenvalue weighted by Gasteiger charge is -2.24. The number of benzene rings is 1. The van der Waals surface area contributed by atoms with Crippen molar-refractivity contribution in [3.8, 4) is 0 Å². The van der Waals surface area contributed by atoms with Crippen molar-refractivity contribution in [3.05, 3.63) is 35.9 Å². The van der Waals surface area contributed by atoms with E-state index in [0.717, 1.165) is 5.92 Å². The fourth-order valence-corrected chi connectivity index (χ4v) is 2.68. The summed E-state index contributed by atoms with van der Waals surface area (Å²) in [5.41, 5.74) is 1.47. The van der Waals surface area contributed by atoms with Crippen LogP contribution in [0.15, 0.2) is 30.3 Å². The van der Waals surface area contributed by atoms with Gasteiger partial charge in [-0.2, -0.15) is 0 Å². The zero-order valence-electron chi connectivity index (χ0n) is 11.9. The van der Waals surface area contributed by atoms with E-state index < -0.39 is 0 Å². The molecule has 1 aliphatic rings. The van der Waals surface area contributed by atoms with Crippen LogP contribution in [0.5, 0.6) is 0 Å². The van der Waals surface area contributed by atoms with Gasteiger partial charge in [-0.3, -0.25) is 0 Å². The van der Waals surface area contributed by atoms with E-state index in [0.29, 0.717) is 12.1 Å². The zero-order chi connectivity index (χ0) is 12.8. The highest BCUT2D eigenvalue weighted by molar-refractivity contribution is 5.21. The molecule has 0 bridgehead atoms. The summed E-state index contributed by atoms with van der Waals surface area (Å²) in [6.45, 7) is 4.61. The minimum absolute atomic E-state index is 0.586. The number of unbranched alkanes of at least 4 members (excludes halogenated alkanes) is 2. The summed E-state index contributed by atoms with van der Waals surface area (Å²) in [6, 6.07) is 12.2. The van der Waals surface area contributed by atoms with Crippen molar-refractivity contribution in [1.82, 2.24) is 5.32 Å². The molecule has 2 rings (SSSR count). The second kappa shape index (κ2) is 6.94. The Labute approximate surface area is 112 Å². The monoisotopic (exact) mass is 245 g/mol. The highest BCUT2D eigenvalue weighted by atomic mass is 15.0. The molecule has 1 saturated carbocycles. The predicted octanol–water partition coefficient (Wildman–Crippen LogP) is 4.70. The fraction of sp³-hybridized carbons (Fsp3) is 0.647. The molecule has 100 valence electrons. The van der Waals surface area contributed by atoms with Crippen LogP contribution in [0.3, 0.4) is 0 Å². The fourth-order valence-electron chi connectivity index (χ4n) is 2.68. The van der Waals surface area contributed by atoms with E-state index in [1.807, 2.05) is 0 Å². The smallest absolute Gasteiger partial charge is 0.0350 e. The first kappa shape index (κ1) is 13.6. The summed E-state index contributed by atoms with van der Waals surface area (Å²) in [5.74, 6) is 0.876. The van der Waals surface area contributed by atoms with E-state index in [1.165, 1.54) is 44.1 Å². The van der Waals surface area contributed by atoms with Gasteiger partial charge in [0.25, 0.3) is 0 Å². The summed E-state index contributed by atoms with van der Waals surface area (Å²) >= 11 is 0. The van der Waals surface area contributed by atoms with Crippen molar-refractivity contribution in [2.75, 3.05) is 0 Å². The van der Waals surface area contributed by atoms with Crippen LogP contribution >= 0.6 is 0 Å². The lowest BCUT2D eigenvalue weighted by atomic mass is 10.0. The third-order valence-corrected chi connectivity index (χ3v) is 3.96. The highest BCUT2D eigenvalue weighted by Crippen LogP contribution is 2.41. The van der Waals surface area contributed by atoms with Gasteiger partial charge in [0.1, 0.15) is 0 Å². The van der Waals surface area contributed by atoms with E-state index in [9.17, 15) is 0 Å². The summed E-state index contributed by atoms with van der Waals surface area (Å²) in [7, 11) is 0. The van der Waals surface area contributed by atoms with Gasteiger partial charge in [0.05, 0.1) is 0 Å². The molecule has 1 fully saturated rings. The van der Waals surface area contributed by atoms with Gasteiger partial charge in [-0.1, -0.05) is 56.5 Å². The number of rotatable bonds is 8. The largest absolute Gasteiger partial charge is 0.307 e. The molecule has 18 heavy (non-hydrogen) atoms. The molecule has 0 spiro atoms. The number of hydrogen-bond donors (Lipinski definition) is 1. The molecule has 2 atom stereocenters. The van der Waals surface area contributed by atoms with E-state index in [1.54, 1.807) is 0 Å².